The van der Waals surface area contributed by atoms with E-state index >= 15 is 0 Å². The number of carbonyl (C=O) groups is 1. The molecule has 0 fully saturated rings. The van der Waals surface area contributed by atoms with Gasteiger partial charge in [0.15, 0.2) is 0 Å². The van der Waals surface area contributed by atoms with Crippen LogP contribution in [0.5, 0.6) is 5.75 Å². The number of anilines is 3. The van der Waals surface area contributed by atoms with Gasteiger partial charge in [0.25, 0.3) is 0 Å². The minimum Gasteiger partial charge on any atom is -0.497 e. The smallest absolute Gasteiger partial charge is 0.241 e. The second-order valence-corrected chi connectivity index (χ2v) is 6.05. The fourth-order valence-electron chi connectivity index (χ4n) is 2.51. The third-order valence-electron chi connectivity index (χ3n) is 3.81. The van der Waals surface area contributed by atoms with Gasteiger partial charge in [-0.1, -0.05) is 0 Å². The molecule has 3 N–H and O–H groups in total. The molecule has 0 unspecified atom stereocenters. The average molecular weight is 381 g/mol. The van der Waals surface area contributed by atoms with Gasteiger partial charge in [0.2, 0.25) is 11.9 Å². The number of aryl methyl sites for hydroxylation is 1. The van der Waals surface area contributed by atoms with Crippen LogP contribution in [0.1, 0.15) is 5.69 Å². The van der Waals surface area contributed by atoms with E-state index in [1.807, 2.05) is 37.3 Å². The maximum Gasteiger partial charge on any atom is 0.241 e. The Morgan fingerprint density at radius 3 is 2.71 bits per heavy atom. The highest BCUT2D eigenvalue weighted by molar-refractivity contribution is 5.75. The molecule has 9 nitrogen and oxygen atoms in total. The van der Waals surface area contributed by atoms with E-state index in [4.69, 9.17) is 4.74 Å². The van der Waals surface area contributed by atoms with Crippen molar-refractivity contribution in [1.29, 1.82) is 0 Å². The Bertz CT molecular complexity index is 895. The van der Waals surface area contributed by atoms with Crippen LogP contribution >= 0.6 is 0 Å². The monoisotopic (exact) mass is 381 g/mol. The third-order valence-corrected chi connectivity index (χ3v) is 3.81. The van der Waals surface area contributed by atoms with Crippen LogP contribution in [0.2, 0.25) is 0 Å². The first-order valence-electron chi connectivity index (χ1n) is 8.87. The number of carbonyl (C=O) groups excluding carboxylic acids is 1. The molecule has 28 heavy (non-hydrogen) atoms. The normalized spacial score (nSPS) is 10.4. The highest BCUT2D eigenvalue weighted by Gasteiger charge is 2.05. The second kappa shape index (κ2) is 9.36. The lowest BCUT2D eigenvalue weighted by molar-refractivity contribution is -0.121. The number of rotatable bonds is 9. The van der Waals surface area contributed by atoms with Gasteiger partial charge in [0.1, 0.15) is 18.1 Å². The summed E-state index contributed by atoms with van der Waals surface area (Å²) in [6, 6.07) is 11.2. The fourth-order valence-corrected chi connectivity index (χ4v) is 2.51. The Hall–Kier alpha value is -3.62. The number of methoxy groups -OCH3 is 1. The Labute approximate surface area is 163 Å². The molecule has 1 amide bonds. The van der Waals surface area contributed by atoms with Gasteiger partial charge in [-0.05, 0) is 37.3 Å². The van der Waals surface area contributed by atoms with Crippen LogP contribution in [0.25, 0.3) is 0 Å². The van der Waals surface area contributed by atoms with Crippen LogP contribution < -0.4 is 20.7 Å². The van der Waals surface area contributed by atoms with Crippen LogP contribution in [0.4, 0.5) is 17.5 Å². The van der Waals surface area contributed by atoms with Gasteiger partial charge >= 0.3 is 0 Å². The molecule has 0 aliphatic heterocycles. The van der Waals surface area contributed by atoms with Crippen molar-refractivity contribution in [2.75, 3.05) is 30.8 Å². The van der Waals surface area contributed by atoms with E-state index < -0.39 is 0 Å². The summed E-state index contributed by atoms with van der Waals surface area (Å²) in [5.41, 5.74) is 1.73. The van der Waals surface area contributed by atoms with Crippen molar-refractivity contribution >= 4 is 23.4 Å². The van der Waals surface area contributed by atoms with Crippen molar-refractivity contribution in [2.24, 2.45) is 0 Å². The van der Waals surface area contributed by atoms with E-state index in [0.29, 0.717) is 24.9 Å². The van der Waals surface area contributed by atoms with Crippen LogP contribution in [-0.2, 0) is 11.3 Å². The lowest BCUT2D eigenvalue weighted by Crippen LogP contribution is -2.32. The quantitative estimate of drug-likeness (QED) is 0.487. The molecule has 0 spiro atoms. The molecule has 0 bridgehead atoms. The number of amides is 1. The molecular weight excluding hydrogens is 358 g/mol. The van der Waals surface area contributed by atoms with Gasteiger partial charge < -0.3 is 20.7 Å². The summed E-state index contributed by atoms with van der Waals surface area (Å²) in [4.78, 5) is 20.7. The van der Waals surface area contributed by atoms with Crippen molar-refractivity contribution in [1.82, 2.24) is 25.1 Å². The molecule has 146 valence electrons. The summed E-state index contributed by atoms with van der Waals surface area (Å²) < 4.78 is 6.73. The topological polar surface area (TPSA) is 106 Å². The zero-order chi connectivity index (χ0) is 19.8. The lowest BCUT2D eigenvalue weighted by atomic mass is 10.3. The van der Waals surface area contributed by atoms with E-state index in [0.717, 1.165) is 17.1 Å². The number of aromatic nitrogens is 4. The number of benzene rings is 1. The van der Waals surface area contributed by atoms with Gasteiger partial charge in [-0.25, -0.2) is 4.98 Å². The molecule has 0 aliphatic carbocycles. The molecule has 1 aromatic carbocycles. The fraction of sp³-hybridized carbons (Fsp3) is 0.263. The number of hydrogen-bond acceptors (Lipinski definition) is 7. The van der Waals surface area contributed by atoms with E-state index in [1.165, 1.54) is 0 Å². The van der Waals surface area contributed by atoms with Gasteiger partial charge in [-0.3, -0.25) is 9.48 Å². The summed E-state index contributed by atoms with van der Waals surface area (Å²) in [5, 5.41) is 13.2. The van der Waals surface area contributed by atoms with Gasteiger partial charge in [-0.2, -0.15) is 10.1 Å². The Balaban J connectivity index is 1.49. The zero-order valence-electron chi connectivity index (χ0n) is 15.8. The summed E-state index contributed by atoms with van der Waals surface area (Å²) in [5.74, 6) is 1.87. The van der Waals surface area contributed by atoms with Crippen molar-refractivity contribution in [2.45, 2.75) is 13.5 Å². The predicted octanol–water partition coefficient (Wildman–Crippen LogP) is 1.96. The average Bonchev–Trinajstić information content (AvgIpc) is 3.18. The van der Waals surface area contributed by atoms with Gasteiger partial charge in [0, 0.05) is 42.9 Å². The minimum atomic E-state index is -0.0995. The first-order chi connectivity index (χ1) is 13.6. The molecule has 3 aromatic rings. The molecule has 0 saturated carbocycles. The Morgan fingerprint density at radius 2 is 2.00 bits per heavy atom. The Morgan fingerprint density at radius 1 is 1.18 bits per heavy atom. The maximum absolute atomic E-state index is 11.8. The van der Waals surface area contributed by atoms with E-state index in [9.17, 15) is 4.79 Å². The number of nitrogens with one attached hydrogen (secondary N) is 3. The molecule has 0 saturated heterocycles. The molecule has 0 aliphatic rings. The largest absolute Gasteiger partial charge is 0.497 e. The lowest BCUT2D eigenvalue weighted by Gasteiger charge is -2.11. The minimum absolute atomic E-state index is 0.0995. The molecule has 2 heterocycles. The number of nitrogens with zero attached hydrogens (tertiary/aromatic N) is 4. The van der Waals surface area contributed by atoms with E-state index in [-0.39, 0.29) is 12.5 Å². The van der Waals surface area contributed by atoms with Crippen LogP contribution in [-0.4, -0.2) is 45.9 Å². The van der Waals surface area contributed by atoms with Gasteiger partial charge in [0.05, 0.1) is 7.11 Å². The molecule has 0 atom stereocenters. The second-order valence-electron chi connectivity index (χ2n) is 6.05. The highest BCUT2D eigenvalue weighted by atomic mass is 16.5. The third kappa shape index (κ3) is 5.70. The Kier molecular flexibility index (Phi) is 6.40. The first-order valence-corrected chi connectivity index (χ1v) is 8.87. The summed E-state index contributed by atoms with van der Waals surface area (Å²) in [6.07, 6.45) is 3.39. The predicted molar refractivity (Wildman–Crippen MR) is 107 cm³/mol. The summed E-state index contributed by atoms with van der Waals surface area (Å²) in [6.45, 7) is 3.07. The number of ether oxygens (including phenoxy) is 1. The maximum atomic E-state index is 11.8. The highest BCUT2D eigenvalue weighted by Crippen LogP contribution is 2.19. The standard InChI is InChI=1S/C19H23N7O2/c1-14-12-17(24-15-4-6-16(28-2)7-5-15)25-19(23-14)21-10-9-20-18(27)13-26-11-3-8-22-26/h3-8,11-12H,9-10,13H2,1-2H3,(H,20,27)(H2,21,23,24,25). The molecule has 9 heteroatoms. The van der Waals surface area contributed by atoms with Crippen LogP contribution in [0, 0.1) is 6.92 Å². The molecule has 3 rings (SSSR count). The van der Waals surface area contributed by atoms with E-state index in [2.05, 4.69) is 31.0 Å². The van der Waals surface area contributed by atoms with Crippen molar-refractivity contribution in [3.63, 3.8) is 0 Å². The van der Waals surface area contributed by atoms with Crippen LogP contribution in [0.15, 0.2) is 48.8 Å². The summed E-state index contributed by atoms with van der Waals surface area (Å²) >= 11 is 0. The van der Waals surface area contributed by atoms with Gasteiger partial charge in [-0.15, -0.1) is 0 Å². The zero-order valence-corrected chi connectivity index (χ0v) is 15.8. The summed E-state index contributed by atoms with van der Waals surface area (Å²) in [7, 11) is 1.63. The SMILES string of the molecule is COc1ccc(Nc2cc(C)nc(NCCNC(=O)Cn3cccn3)n2)cc1. The molecule has 2 aromatic heterocycles. The molecule has 0 radical (unpaired) electrons. The molecular formula is C19H23N7O2. The van der Waals surface area contributed by atoms with E-state index in [1.54, 1.807) is 30.3 Å². The van der Waals surface area contributed by atoms with Crippen molar-refractivity contribution < 1.29 is 9.53 Å². The first kappa shape index (κ1) is 19.2. The number of hydrogen-bond donors (Lipinski definition) is 3. The van der Waals surface area contributed by atoms with Crippen molar-refractivity contribution in [3.8, 4) is 5.75 Å². The van der Waals surface area contributed by atoms with Crippen LogP contribution in [0.3, 0.4) is 0 Å². The van der Waals surface area contributed by atoms with Crippen molar-refractivity contribution in [3.05, 3.63) is 54.5 Å².